The van der Waals surface area contributed by atoms with Gasteiger partial charge in [-0.15, -0.1) is 0 Å². The van der Waals surface area contributed by atoms with Gasteiger partial charge in [-0.2, -0.15) is 0 Å². The highest BCUT2D eigenvalue weighted by atomic mass is 15.0. The van der Waals surface area contributed by atoms with Gasteiger partial charge < -0.3 is 4.57 Å². The van der Waals surface area contributed by atoms with Crippen LogP contribution in [-0.2, 0) is 12.8 Å². The SMILES string of the molecule is Cc1ccccn1.c1ccc(-c2ccc3c(c2)Cc2cc(-c4cccc(-n5c6ccccc6c6ccccc65)c4)cc4c2B3c2ccccc2C4)nc1. The topological polar surface area (TPSA) is 30.7 Å². The maximum absolute atomic E-state index is 4.66. The Hall–Kier alpha value is -6.52. The summed E-state index contributed by atoms with van der Waals surface area (Å²) in [5.41, 5.74) is 19.6. The lowest BCUT2D eigenvalue weighted by Gasteiger charge is -2.34. The Morgan fingerprint density at radius 3 is 1.81 bits per heavy atom. The van der Waals surface area contributed by atoms with E-state index in [9.17, 15) is 0 Å². The van der Waals surface area contributed by atoms with Crippen molar-refractivity contribution in [3.05, 3.63) is 204 Å². The molecular formula is C49H36BN3. The first-order valence-corrected chi connectivity index (χ1v) is 18.4. The molecule has 3 nitrogen and oxygen atoms in total. The molecule has 2 aliphatic rings. The summed E-state index contributed by atoms with van der Waals surface area (Å²) in [5, 5.41) is 2.57. The van der Waals surface area contributed by atoms with Crippen molar-refractivity contribution in [2.45, 2.75) is 19.8 Å². The average molecular weight is 678 g/mol. The lowest BCUT2D eigenvalue weighted by Crippen LogP contribution is -2.61. The fourth-order valence-corrected chi connectivity index (χ4v) is 8.68. The van der Waals surface area contributed by atoms with Gasteiger partial charge in [-0.1, -0.05) is 126 Å². The third-order valence-electron chi connectivity index (χ3n) is 11.0. The second kappa shape index (κ2) is 12.9. The Morgan fingerprint density at radius 2 is 1.11 bits per heavy atom. The highest BCUT2D eigenvalue weighted by Gasteiger charge is 2.37. The van der Waals surface area contributed by atoms with Crippen LogP contribution in [0, 0.1) is 6.92 Å². The minimum absolute atomic E-state index is 0.259. The highest BCUT2D eigenvalue weighted by molar-refractivity contribution is 6.97. The smallest absolute Gasteiger partial charge is 0.242 e. The molecule has 6 aromatic carbocycles. The fourth-order valence-electron chi connectivity index (χ4n) is 8.68. The zero-order chi connectivity index (χ0) is 35.3. The van der Waals surface area contributed by atoms with Crippen molar-refractivity contribution in [2.24, 2.45) is 0 Å². The zero-order valence-electron chi connectivity index (χ0n) is 29.6. The Kier molecular flexibility index (Phi) is 7.61. The minimum Gasteiger partial charge on any atom is -0.309 e. The minimum atomic E-state index is 0.259. The van der Waals surface area contributed by atoms with Gasteiger partial charge in [0, 0.05) is 40.1 Å². The van der Waals surface area contributed by atoms with Crippen LogP contribution in [0.25, 0.3) is 49.9 Å². The van der Waals surface area contributed by atoms with Crippen LogP contribution in [0.15, 0.2) is 176 Å². The molecule has 0 aliphatic carbocycles. The Labute approximate surface area is 310 Å². The molecule has 0 saturated carbocycles. The van der Waals surface area contributed by atoms with Gasteiger partial charge in [0.1, 0.15) is 0 Å². The van der Waals surface area contributed by atoms with Crippen LogP contribution in [0.2, 0.25) is 0 Å². The molecule has 0 N–H and O–H groups in total. The summed E-state index contributed by atoms with van der Waals surface area (Å²) in [6.45, 7) is 2.23. The molecule has 0 unspecified atom stereocenters. The fraction of sp³-hybridized carbons (Fsp3) is 0.0612. The molecule has 53 heavy (non-hydrogen) atoms. The summed E-state index contributed by atoms with van der Waals surface area (Å²) in [5.74, 6) is 0. The van der Waals surface area contributed by atoms with Crippen LogP contribution in [0.5, 0.6) is 0 Å². The summed E-state index contributed by atoms with van der Waals surface area (Å²) >= 11 is 0. The number of pyridine rings is 2. The summed E-state index contributed by atoms with van der Waals surface area (Å²) in [4.78, 5) is 8.64. The standard InChI is InChI=1S/C43H29BN2.C6H7N/c1-4-15-38-29(10-1)22-33-24-31(25-34-26-32-23-30(40-16-7-8-21-45-40)19-20-39(32)44(38)43(33)34)28-11-9-12-35(27-28)46-41-17-5-2-13-36(41)37-14-3-6-18-42(37)46;1-6-4-2-3-5-7-6/h1-21,23-25,27H,22,26H2;2-5H,1H3. The Morgan fingerprint density at radius 1 is 0.472 bits per heavy atom. The summed E-state index contributed by atoms with van der Waals surface area (Å²) in [6.07, 6.45) is 5.57. The van der Waals surface area contributed by atoms with E-state index < -0.39 is 0 Å². The zero-order valence-corrected chi connectivity index (χ0v) is 29.6. The van der Waals surface area contributed by atoms with Crippen molar-refractivity contribution >= 4 is 44.9 Å². The third kappa shape index (κ3) is 5.46. The molecule has 0 saturated heterocycles. The van der Waals surface area contributed by atoms with Crippen molar-refractivity contribution < 1.29 is 0 Å². The summed E-state index contributed by atoms with van der Waals surface area (Å²) < 4.78 is 2.41. The number of hydrogen-bond acceptors (Lipinski definition) is 2. The van der Waals surface area contributed by atoms with E-state index in [0.29, 0.717) is 0 Å². The van der Waals surface area contributed by atoms with Crippen molar-refractivity contribution in [3.8, 4) is 28.1 Å². The monoisotopic (exact) mass is 677 g/mol. The molecule has 11 rings (SSSR count). The number of aryl methyl sites for hydroxylation is 1. The van der Waals surface area contributed by atoms with Crippen LogP contribution in [0.1, 0.15) is 27.9 Å². The van der Waals surface area contributed by atoms with Gasteiger partial charge in [-0.25, -0.2) is 0 Å². The van der Waals surface area contributed by atoms with E-state index in [-0.39, 0.29) is 6.71 Å². The predicted octanol–water partition coefficient (Wildman–Crippen LogP) is 9.23. The van der Waals surface area contributed by atoms with Crippen LogP contribution < -0.4 is 16.4 Å². The molecule has 0 fully saturated rings. The number of nitrogens with zero attached hydrogens (tertiary/aromatic N) is 3. The summed E-state index contributed by atoms with van der Waals surface area (Å²) in [6, 6.07) is 59.6. The van der Waals surface area contributed by atoms with Crippen LogP contribution >= 0.6 is 0 Å². The van der Waals surface area contributed by atoms with E-state index in [1.807, 2.05) is 37.4 Å². The molecule has 0 bridgehead atoms. The molecule has 2 aliphatic heterocycles. The number of rotatable bonds is 3. The predicted molar refractivity (Wildman–Crippen MR) is 222 cm³/mol. The van der Waals surface area contributed by atoms with E-state index in [1.165, 1.54) is 82.8 Å². The Balaban J connectivity index is 0.000000451. The van der Waals surface area contributed by atoms with E-state index in [0.717, 1.165) is 24.2 Å². The molecule has 0 atom stereocenters. The lowest BCUT2D eigenvalue weighted by atomic mass is 9.30. The van der Waals surface area contributed by atoms with Gasteiger partial charge in [0.15, 0.2) is 0 Å². The number of fused-ring (bicyclic) bond motifs is 7. The average Bonchev–Trinajstić information content (AvgIpc) is 3.56. The van der Waals surface area contributed by atoms with E-state index in [2.05, 4.69) is 154 Å². The Bertz CT molecular complexity index is 2750. The number of benzene rings is 6. The molecular weight excluding hydrogens is 641 g/mol. The number of aromatic nitrogens is 3. The third-order valence-corrected chi connectivity index (χ3v) is 11.0. The molecule has 9 aromatic rings. The molecule has 0 spiro atoms. The normalized spacial score (nSPS) is 12.4. The van der Waals surface area contributed by atoms with E-state index >= 15 is 0 Å². The number of para-hydroxylation sites is 2. The molecule has 4 heteroatoms. The van der Waals surface area contributed by atoms with Crippen LogP contribution in [-0.4, -0.2) is 21.2 Å². The maximum atomic E-state index is 4.66. The van der Waals surface area contributed by atoms with Gasteiger partial charge in [0.05, 0.1) is 16.7 Å². The van der Waals surface area contributed by atoms with E-state index in [1.54, 1.807) is 6.20 Å². The molecule has 0 amide bonds. The molecule has 0 radical (unpaired) electrons. The second-order valence-electron chi connectivity index (χ2n) is 14.2. The van der Waals surface area contributed by atoms with Crippen molar-refractivity contribution in [1.82, 2.24) is 14.5 Å². The van der Waals surface area contributed by atoms with Crippen LogP contribution in [0.4, 0.5) is 0 Å². The molecule has 5 heterocycles. The van der Waals surface area contributed by atoms with Gasteiger partial charge in [-0.05, 0) is 108 Å². The molecule has 3 aromatic heterocycles. The highest BCUT2D eigenvalue weighted by Crippen LogP contribution is 2.35. The summed E-state index contributed by atoms with van der Waals surface area (Å²) in [7, 11) is 0. The van der Waals surface area contributed by atoms with E-state index in [4.69, 9.17) is 0 Å². The van der Waals surface area contributed by atoms with Gasteiger partial charge in [-0.3, -0.25) is 9.97 Å². The lowest BCUT2D eigenvalue weighted by molar-refractivity contribution is 1.14. The first kappa shape index (κ1) is 31.2. The number of hydrogen-bond donors (Lipinski definition) is 0. The second-order valence-corrected chi connectivity index (χ2v) is 14.2. The van der Waals surface area contributed by atoms with Gasteiger partial charge in [0.2, 0.25) is 6.71 Å². The first-order valence-electron chi connectivity index (χ1n) is 18.4. The van der Waals surface area contributed by atoms with Gasteiger partial charge >= 0.3 is 0 Å². The van der Waals surface area contributed by atoms with Crippen molar-refractivity contribution in [1.29, 1.82) is 0 Å². The van der Waals surface area contributed by atoms with Crippen LogP contribution in [0.3, 0.4) is 0 Å². The van der Waals surface area contributed by atoms with Crippen molar-refractivity contribution in [3.63, 3.8) is 0 Å². The van der Waals surface area contributed by atoms with Crippen molar-refractivity contribution in [2.75, 3.05) is 0 Å². The quantitative estimate of drug-likeness (QED) is 0.175. The first-order chi connectivity index (χ1) is 26.2. The molecule has 250 valence electrons. The largest absolute Gasteiger partial charge is 0.309 e. The van der Waals surface area contributed by atoms with Gasteiger partial charge in [0.25, 0.3) is 0 Å². The maximum Gasteiger partial charge on any atom is 0.242 e.